The van der Waals surface area contributed by atoms with E-state index in [-0.39, 0.29) is 16.8 Å². The van der Waals surface area contributed by atoms with E-state index in [1.807, 2.05) is 31.3 Å². The summed E-state index contributed by atoms with van der Waals surface area (Å²) in [6, 6.07) is 5.31. The second kappa shape index (κ2) is 8.51. The molecule has 0 radical (unpaired) electrons. The summed E-state index contributed by atoms with van der Waals surface area (Å²) < 4.78 is 30.1. The Labute approximate surface area is 178 Å². The number of carbonyl (C=O) groups excluding carboxylic acids is 1. The molecule has 1 aromatic carbocycles. The van der Waals surface area contributed by atoms with Crippen molar-refractivity contribution in [3.8, 4) is 0 Å². The highest BCUT2D eigenvalue weighted by molar-refractivity contribution is 7.89. The normalized spacial score (nSPS) is 21.7. The molecule has 4 rings (SSSR count). The van der Waals surface area contributed by atoms with Gasteiger partial charge < -0.3 is 9.47 Å². The van der Waals surface area contributed by atoms with E-state index in [2.05, 4.69) is 9.55 Å². The molecule has 0 spiro atoms. The number of hydrogen-bond acceptors (Lipinski definition) is 4. The van der Waals surface area contributed by atoms with Gasteiger partial charge in [-0.15, -0.1) is 0 Å². The minimum absolute atomic E-state index is 0.00795. The zero-order valence-electron chi connectivity index (χ0n) is 17.7. The number of aromatic nitrogens is 2. The Morgan fingerprint density at radius 3 is 2.53 bits per heavy atom. The zero-order valence-corrected chi connectivity index (χ0v) is 18.5. The van der Waals surface area contributed by atoms with Crippen LogP contribution in [-0.4, -0.2) is 58.8 Å². The van der Waals surface area contributed by atoms with Gasteiger partial charge in [-0.05, 0) is 57.2 Å². The number of hydrogen-bond donors (Lipinski definition) is 0. The van der Waals surface area contributed by atoms with Crippen molar-refractivity contribution >= 4 is 15.9 Å². The average molecular weight is 431 g/mol. The molecule has 0 saturated carbocycles. The van der Waals surface area contributed by atoms with Crippen molar-refractivity contribution < 1.29 is 13.2 Å². The lowest BCUT2D eigenvalue weighted by molar-refractivity contribution is 0.0693. The first kappa shape index (κ1) is 21.1. The summed E-state index contributed by atoms with van der Waals surface area (Å²) in [5, 5.41) is 0. The van der Waals surface area contributed by atoms with Gasteiger partial charge in [0.15, 0.2) is 0 Å². The summed E-state index contributed by atoms with van der Waals surface area (Å²) in [6.45, 7) is 5.68. The molecule has 2 aliphatic heterocycles. The highest BCUT2D eigenvalue weighted by Gasteiger charge is 2.32. The van der Waals surface area contributed by atoms with Crippen LogP contribution in [0.25, 0.3) is 0 Å². The summed E-state index contributed by atoms with van der Waals surface area (Å²) in [5.41, 5.74) is 1.30. The Bertz CT molecular complexity index is 995. The highest BCUT2D eigenvalue weighted by Crippen LogP contribution is 2.28. The number of carbonyl (C=O) groups is 1. The van der Waals surface area contributed by atoms with E-state index in [0.29, 0.717) is 31.2 Å². The number of benzene rings is 1. The van der Waals surface area contributed by atoms with Gasteiger partial charge in [-0.3, -0.25) is 4.79 Å². The maximum atomic E-state index is 13.2. The summed E-state index contributed by atoms with van der Waals surface area (Å²) in [5.74, 6) is -0.0830. The summed E-state index contributed by atoms with van der Waals surface area (Å²) in [4.78, 5) is 19.4. The highest BCUT2D eigenvalue weighted by atomic mass is 32.2. The first-order valence-electron chi connectivity index (χ1n) is 10.8. The Hall–Kier alpha value is -2.19. The monoisotopic (exact) mass is 430 g/mol. The van der Waals surface area contributed by atoms with Crippen molar-refractivity contribution in [1.82, 2.24) is 18.8 Å². The standard InChI is InChI=1S/C22H30N4O3S/c1-17-6-7-20(30(28,29)26-11-4-3-5-18(26)2)15-21(17)22(27)24-12-8-19(9-13-24)25-14-10-23-16-25/h6-7,10,14-16,18-19H,3-5,8-9,11-13H2,1-2H3. The third kappa shape index (κ3) is 4.03. The van der Waals surface area contributed by atoms with Crippen molar-refractivity contribution in [1.29, 1.82) is 0 Å². The minimum atomic E-state index is -3.60. The molecule has 30 heavy (non-hydrogen) atoms. The van der Waals surface area contributed by atoms with Gasteiger partial charge in [0.2, 0.25) is 10.0 Å². The van der Waals surface area contributed by atoms with Crippen molar-refractivity contribution in [2.45, 2.75) is 62.9 Å². The molecule has 162 valence electrons. The van der Waals surface area contributed by atoms with E-state index < -0.39 is 10.0 Å². The zero-order chi connectivity index (χ0) is 21.3. The van der Waals surface area contributed by atoms with Crippen LogP contribution < -0.4 is 0 Å². The fourth-order valence-electron chi connectivity index (χ4n) is 4.58. The summed E-state index contributed by atoms with van der Waals surface area (Å²) in [7, 11) is -3.60. The Morgan fingerprint density at radius 2 is 1.87 bits per heavy atom. The molecule has 1 amide bonds. The lowest BCUT2D eigenvalue weighted by atomic mass is 10.0. The molecule has 3 heterocycles. The fourth-order valence-corrected chi connectivity index (χ4v) is 6.31. The Balaban J connectivity index is 1.52. The number of aryl methyl sites for hydroxylation is 1. The molecule has 0 bridgehead atoms. The number of likely N-dealkylation sites (tertiary alicyclic amines) is 1. The van der Waals surface area contributed by atoms with Crippen LogP contribution in [0.15, 0.2) is 41.8 Å². The molecule has 0 aliphatic carbocycles. The van der Waals surface area contributed by atoms with Crippen LogP contribution in [0, 0.1) is 6.92 Å². The maximum Gasteiger partial charge on any atom is 0.254 e. The van der Waals surface area contributed by atoms with E-state index in [1.54, 1.807) is 28.7 Å². The first-order valence-corrected chi connectivity index (χ1v) is 12.2. The number of rotatable bonds is 4. The second-order valence-electron chi connectivity index (χ2n) is 8.47. The van der Waals surface area contributed by atoms with Crippen LogP contribution in [-0.2, 0) is 10.0 Å². The van der Waals surface area contributed by atoms with Crippen LogP contribution in [0.1, 0.15) is 61.0 Å². The van der Waals surface area contributed by atoms with Gasteiger partial charge in [0.25, 0.3) is 5.91 Å². The molecule has 0 N–H and O–H groups in total. The number of imidazole rings is 1. The number of nitrogens with zero attached hydrogens (tertiary/aromatic N) is 4. The van der Waals surface area contributed by atoms with Crippen molar-refractivity contribution in [3.05, 3.63) is 48.0 Å². The molecular formula is C22H30N4O3S. The van der Waals surface area contributed by atoms with Gasteiger partial charge in [0, 0.05) is 49.7 Å². The largest absolute Gasteiger partial charge is 0.338 e. The van der Waals surface area contributed by atoms with Crippen molar-refractivity contribution in [2.75, 3.05) is 19.6 Å². The lowest BCUT2D eigenvalue weighted by Gasteiger charge is -2.33. The van der Waals surface area contributed by atoms with Gasteiger partial charge in [-0.2, -0.15) is 4.31 Å². The van der Waals surface area contributed by atoms with Gasteiger partial charge in [0.1, 0.15) is 0 Å². The molecule has 2 aromatic rings. The molecular weight excluding hydrogens is 400 g/mol. The quantitative estimate of drug-likeness (QED) is 0.746. The van der Waals surface area contributed by atoms with E-state index in [1.165, 1.54) is 0 Å². The molecule has 2 saturated heterocycles. The van der Waals surface area contributed by atoms with Crippen LogP contribution in [0.4, 0.5) is 0 Å². The van der Waals surface area contributed by atoms with E-state index in [0.717, 1.165) is 37.7 Å². The Kier molecular flexibility index (Phi) is 5.97. The Morgan fingerprint density at radius 1 is 1.10 bits per heavy atom. The van der Waals surface area contributed by atoms with E-state index >= 15 is 0 Å². The SMILES string of the molecule is Cc1ccc(S(=O)(=O)N2CCCCC2C)cc1C(=O)N1CCC(n2ccnc2)CC1. The summed E-state index contributed by atoms with van der Waals surface area (Å²) in [6.07, 6.45) is 10.1. The smallest absolute Gasteiger partial charge is 0.254 e. The van der Waals surface area contributed by atoms with Gasteiger partial charge >= 0.3 is 0 Å². The predicted molar refractivity (Wildman–Crippen MR) is 115 cm³/mol. The summed E-state index contributed by atoms with van der Waals surface area (Å²) >= 11 is 0. The lowest BCUT2D eigenvalue weighted by Crippen LogP contribution is -2.42. The second-order valence-corrected chi connectivity index (χ2v) is 10.4. The minimum Gasteiger partial charge on any atom is -0.338 e. The number of amides is 1. The van der Waals surface area contributed by atoms with Crippen LogP contribution in [0.5, 0.6) is 0 Å². The molecule has 8 heteroatoms. The maximum absolute atomic E-state index is 13.2. The molecule has 1 unspecified atom stereocenters. The third-order valence-corrected chi connectivity index (χ3v) is 8.50. The third-order valence-electron chi connectivity index (χ3n) is 6.49. The molecule has 2 fully saturated rings. The first-order chi connectivity index (χ1) is 14.4. The predicted octanol–water partition coefficient (Wildman–Crippen LogP) is 3.23. The van der Waals surface area contributed by atoms with Gasteiger partial charge in [-0.1, -0.05) is 12.5 Å². The molecule has 1 atom stereocenters. The van der Waals surface area contributed by atoms with Gasteiger partial charge in [0.05, 0.1) is 11.2 Å². The fraction of sp³-hybridized carbons (Fsp3) is 0.545. The number of sulfonamides is 1. The van der Waals surface area contributed by atoms with Gasteiger partial charge in [-0.25, -0.2) is 13.4 Å². The van der Waals surface area contributed by atoms with E-state index in [4.69, 9.17) is 0 Å². The molecule has 1 aromatic heterocycles. The topological polar surface area (TPSA) is 75.5 Å². The average Bonchev–Trinajstić information content (AvgIpc) is 3.29. The van der Waals surface area contributed by atoms with Crippen molar-refractivity contribution in [3.63, 3.8) is 0 Å². The van der Waals surface area contributed by atoms with Crippen molar-refractivity contribution in [2.24, 2.45) is 0 Å². The van der Waals surface area contributed by atoms with E-state index in [9.17, 15) is 13.2 Å². The number of piperidine rings is 2. The molecule has 2 aliphatic rings. The molecule has 7 nitrogen and oxygen atoms in total. The van der Waals surface area contributed by atoms with Crippen LogP contribution in [0.2, 0.25) is 0 Å². The van der Waals surface area contributed by atoms with Crippen LogP contribution in [0.3, 0.4) is 0 Å². The van der Waals surface area contributed by atoms with Crippen LogP contribution >= 0.6 is 0 Å².